The third-order valence-electron chi connectivity index (χ3n) is 3.05. The molecule has 0 rings (SSSR count). The molecular formula is C12H23NO4. The van der Waals surface area contributed by atoms with E-state index in [0.717, 1.165) is 12.8 Å². The lowest BCUT2D eigenvalue weighted by molar-refractivity contribution is -0.137. The molecule has 0 saturated carbocycles. The topological polar surface area (TPSA) is 86.6 Å². The molecule has 17 heavy (non-hydrogen) atoms. The Labute approximate surface area is 102 Å². The first kappa shape index (κ1) is 16.1. The third kappa shape index (κ3) is 6.38. The second kappa shape index (κ2) is 8.20. The summed E-state index contributed by atoms with van der Waals surface area (Å²) in [5.41, 5.74) is -0.665. The average molecular weight is 245 g/mol. The van der Waals surface area contributed by atoms with Gasteiger partial charge in [0.15, 0.2) is 5.78 Å². The Bertz CT molecular complexity index is 255. The molecule has 0 aromatic rings. The van der Waals surface area contributed by atoms with Gasteiger partial charge in [0.2, 0.25) is 0 Å². The number of aliphatic hydroxyl groups is 1. The van der Waals surface area contributed by atoms with Crippen LogP contribution in [0.15, 0.2) is 0 Å². The second-order valence-electron chi connectivity index (χ2n) is 4.40. The number of rotatable bonds is 10. The maximum atomic E-state index is 11.5. The van der Waals surface area contributed by atoms with E-state index >= 15 is 0 Å². The smallest absolute Gasteiger partial charge is 0.303 e. The molecule has 0 saturated heterocycles. The van der Waals surface area contributed by atoms with Crippen molar-refractivity contribution in [1.82, 2.24) is 5.32 Å². The van der Waals surface area contributed by atoms with Gasteiger partial charge < -0.3 is 15.5 Å². The molecule has 1 atom stereocenters. The molecule has 0 aromatic carbocycles. The van der Waals surface area contributed by atoms with Crippen molar-refractivity contribution in [2.75, 3.05) is 13.2 Å². The Morgan fingerprint density at radius 2 is 1.88 bits per heavy atom. The molecule has 0 bridgehead atoms. The van der Waals surface area contributed by atoms with Crippen LogP contribution in [-0.4, -0.2) is 40.7 Å². The lowest BCUT2D eigenvalue weighted by Crippen LogP contribution is -2.50. The Balaban J connectivity index is 3.77. The highest BCUT2D eigenvalue weighted by Crippen LogP contribution is 2.11. The van der Waals surface area contributed by atoms with Crippen molar-refractivity contribution in [3.63, 3.8) is 0 Å². The lowest BCUT2D eigenvalue weighted by Gasteiger charge is -2.27. The zero-order valence-electron chi connectivity index (χ0n) is 10.7. The van der Waals surface area contributed by atoms with Crippen molar-refractivity contribution in [1.29, 1.82) is 0 Å². The number of nitrogens with one attached hydrogen (secondary N) is 1. The minimum absolute atomic E-state index is 0.195. The number of aliphatic hydroxyl groups excluding tert-OH is 1. The van der Waals surface area contributed by atoms with Crippen LogP contribution in [0.2, 0.25) is 0 Å². The number of Topliss-reactive ketones (excluding diaryl/α,β-unsaturated/α-hetero) is 1. The first-order valence-electron chi connectivity index (χ1n) is 6.07. The van der Waals surface area contributed by atoms with Crippen molar-refractivity contribution in [3.05, 3.63) is 0 Å². The van der Waals surface area contributed by atoms with Gasteiger partial charge in [-0.15, -0.1) is 0 Å². The molecule has 3 N–H and O–H groups in total. The van der Waals surface area contributed by atoms with E-state index in [1.807, 2.05) is 6.92 Å². The number of carbonyl (C=O) groups excluding carboxylic acids is 1. The Morgan fingerprint density at radius 3 is 2.35 bits per heavy atom. The largest absolute Gasteiger partial charge is 0.481 e. The molecule has 5 heteroatoms. The number of unbranched alkanes of at least 4 members (excludes halogenated alkanes) is 2. The number of carboxylic acid groups (broad SMARTS) is 1. The molecule has 0 radical (unpaired) electrons. The van der Waals surface area contributed by atoms with Gasteiger partial charge in [-0.05, 0) is 32.7 Å². The second-order valence-corrected chi connectivity index (χ2v) is 4.40. The first-order valence-corrected chi connectivity index (χ1v) is 6.07. The van der Waals surface area contributed by atoms with Crippen molar-refractivity contribution < 1.29 is 19.8 Å². The monoisotopic (exact) mass is 245 g/mol. The summed E-state index contributed by atoms with van der Waals surface area (Å²) < 4.78 is 0. The molecule has 0 heterocycles. The highest BCUT2D eigenvalue weighted by atomic mass is 16.4. The van der Waals surface area contributed by atoms with Gasteiger partial charge in [0.25, 0.3) is 0 Å². The van der Waals surface area contributed by atoms with Crippen molar-refractivity contribution in [3.8, 4) is 0 Å². The normalized spacial score (nSPS) is 14.3. The summed E-state index contributed by atoms with van der Waals surface area (Å²) in [5.74, 6) is -0.975. The van der Waals surface area contributed by atoms with Crippen LogP contribution in [0, 0.1) is 0 Å². The minimum atomic E-state index is -0.771. The number of carboxylic acids is 1. The summed E-state index contributed by atoms with van der Waals surface area (Å²) >= 11 is 0. The molecule has 0 amide bonds. The molecule has 0 fully saturated rings. The number of carbonyl (C=O) groups is 2. The number of ketones is 1. The fourth-order valence-corrected chi connectivity index (χ4v) is 1.54. The van der Waals surface area contributed by atoms with Crippen LogP contribution in [0.1, 0.15) is 46.0 Å². The Kier molecular flexibility index (Phi) is 7.74. The summed E-state index contributed by atoms with van der Waals surface area (Å²) in [6.07, 6.45) is 3.14. The zero-order valence-corrected chi connectivity index (χ0v) is 10.7. The molecule has 0 aliphatic rings. The third-order valence-corrected chi connectivity index (χ3v) is 3.05. The van der Waals surface area contributed by atoms with Gasteiger partial charge in [-0.25, -0.2) is 0 Å². The van der Waals surface area contributed by atoms with E-state index in [2.05, 4.69) is 5.32 Å². The van der Waals surface area contributed by atoms with Crippen LogP contribution in [-0.2, 0) is 9.59 Å². The molecule has 100 valence electrons. The molecule has 0 spiro atoms. The van der Waals surface area contributed by atoms with E-state index in [9.17, 15) is 9.59 Å². The molecule has 0 aromatic heterocycles. The first-order chi connectivity index (χ1) is 7.96. The van der Waals surface area contributed by atoms with Crippen LogP contribution in [0.4, 0.5) is 0 Å². The number of hydrogen-bond acceptors (Lipinski definition) is 4. The van der Waals surface area contributed by atoms with Gasteiger partial charge in [-0.1, -0.05) is 13.3 Å². The van der Waals surface area contributed by atoms with Crippen molar-refractivity contribution in [2.45, 2.75) is 51.5 Å². The Morgan fingerprint density at radius 1 is 1.24 bits per heavy atom. The van der Waals surface area contributed by atoms with E-state index in [-0.39, 0.29) is 12.2 Å². The van der Waals surface area contributed by atoms with Gasteiger partial charge in [0.1, 0.15) is 6.61 Å². The predicted octanol–water partition coefficient (Wildman–Crippen LogP) is 0.951. The van der Waals surface area contributed by atoms with Crippen molar-refractivity contribution >= 4 is 11.8 Å². The van der Waals surface area contributed by atoms with E-state index in [0.29, 0.717) is 19.4 Å². The van der Waals surface area contributed by atoms with Crippen LogP contribution in [0.5, 0.6) is 0 Å². The van der Waals surface area contributed by atoms with Gasteiger partial charge in [-0.3, -0.25) is 9.59 Å². The highest BCUT2D eigenvalue weighted by Gasteiger charge is 2.28. The molecule has 0 aliphatic carbocycles. The summed E-state index contributed by atoms with van der Waals surface area (Å²) in [6, 6.07) is 0. The van der Waals surface area contributed by atoms with E-state index in [1.165, 1.54) is 0 Å². The summed E-state index contributed by atoms with van der Waals surface area (Å²) in [7, 11) is 0. The summed E-state index contributed by atoms with van der Waals surface area (Å²) in [6.45, 7) is 3.89. The van der Waals surface area contributed by atoms with Gasteiger partial charge in [-0.2, -0.15) is 0 Å². The van der Waals surface area contributed by atoms with Crippen LogP contribution < -0.4 is 5.32 Å². The quantitative estimate of drug-likeness (QED) is 0.499. The number of aliphatic carboxylic acids is 1. The average Bonchev–Trinajstić information content (AvgIpc) is 2.31. The van der Waals surface area contributed by atoms with E-state index in [1.54, 1.807) is 6.92 Å². The predicted molar refractivity (Wildman–Crippen MR) is 64.9 cm³/mol. The van der Waals surface area contributed by atoms with E-state index in [4.69, 9.17) is 10.2 Å². The molecule has 5 nitrogen and oxygen atoms in total. The SMILES string of the molecule is CCC(C)(NCCCCCC(=O)O)C(=O)CO. The molecular weight excluding hydrogens is 222 g/mol. The van der Waals surface area contributed by atoms with Crippen LogP contribution in [0.3, 0.4) is 0 Å². The van der Waals surface area contributed by atoms with Crippen LogP contribution >= 0.6 is 0 Å². The molecule has 0 aliphatic heterocycles. The molecule has 1 unspecified atom stereocenters. The maximum Gasteiger partial charge on any atom is 0.303 e. The van der Waals surface area contributed by atoms with Crippen LogP contribution in [0.25, 0.3) is 0 Å². The fraction of sp³-hybridized carbons (Fsp3) is 0.833. The minimum Gasteiger partial charge on any atom is -0.481 e. The van der Waals surface area contributed by atoms with E-state index < -0.39 is 18.1 Å². The standard InChI is InChI=1S/C12H23NO4/c1-3-12(2,10(15)9-14)13-8-6-4-5-7-11(16)17/h13-14H,3-9H2,1-2H3,(H,16,17). The number of hydrogen-bond donors (Lipinski definition) is 3. The van der Waals surface area contributed by atoms with Gasteiger partial charge in [0.05, 0.1) is 5.54 Å². The van der Waals surface area contributed by atoms with Gasteiger partial charge in [0, 0.05) is 6.42 Å². The summed E-state index contributed by atoms with van der Waals surface area (Å²) in [5, 5.41) is 20.4. The maximum absolute atomic E-state index is 11.5. The summed E-state index contributed by atoms with van der Waals surface area (Å²) in [4.78, 5) is 21.8. The van der Waals surface area contributed by atoms with Crippen molar-refractivity contribution in [2.24, 2.45) is 0 Å². The fourth-order valence-electron chi connectivity index (χ4n) is 1.54. The highest BCUT2D eigenvalue weighted by molar-refractivity contribution is 5.88. The zero-order chi connectivity index (χ0) is 13.3. The Hall–Kier alpha value is -0.940. The lowest BCUT2D eigenvalue weighted by atomic mass is 9.93. The van der Waals surface area contributed by atoms with Gasteiger partial charge >= 0.3 is 5.97 Å².